The number of para-hydroxylation sites is 2. The van der Waals surface area contributed by atoms with E-state index in [0.29, 0.717) is 0 Å². The van der Waals surface area contributed by atoms with Crippen molar-refractivity contribution in [2.24, 2.45) is 0 Å². The van der Waals surface area contributed by atoms with Gasteiger partial charge in [-0.25, -0.2) is 0 Å². The summed E-state index contributed by atoms with van der Waals surface area (Å²) in [5, 5.41) is 7.01. The zero-order valence-corrected chi connectivity index (χ0v) is 31.7. The van der Waals surface area contributed by atoms with Crippen LogP contribution in [0.25, 0.3) is 88.0 Å². The molecule has 2 heteroatoms. The number of furan rings is 1. The molecule has 0 amide bonds. The molecule has 10 aromatic carbocycles. The fraction of sp³-hybridized carbons (Fsp3) is 0. The molecule has 11 aromatic rings. The van der Waals surface area contributed by atoms with Crippen LogP contribution >= 0.6 is 0 Å². The summed E-state index contributed by atoms with van der Waals surface area (Å²) in [6, 6.07) is 80.9. The van der Waals surface area contributed by atoms with Crippen LogP contribution in [0.1, 0.15) is 0 Å². The van der Waals surface area contributed by atoms with E-state index in [1.54, 1.807) is 0 Å². The van der Waals surface area contributed by atoms with E-state index in [1.807, 2.05) is 12.1 Å². The van der Waals surface area contributed by atoms with Crippen molar-refractivity contribution in [2.75, 3.05) is 4.90 Å². The van der Waals surface area contributed by atoms with E-state index in [2.05, 4.69) is 217 Å². The van der Waals surface area contributed by atoms with Gasteiger partial charge in [-0.15, -0.1) is 0 Å². The molecule has 0 unspecified atom stereocenters. The molecule has 272 valence electrons. The first-order chi connectivity index (χ1) is 28.7. The Morgan fingerprint density at radius 2 is 0.810 bits per heavy atom. The van der Waals surface area contributed by atoms with E-state index < -0.39 is 0 Å². The molecule has 58 heavy (non-hydrogen) atoms. The Labute approximate surface area is 337 Å². The highest BCUT2D eigenvalue weighted by Gasteiger charge is 2.21. The maximum absolute atomic E-state index is 6.32. The highest BCUT2D eigenvalue weighted by Crippen LogP contribution is 2.45. The van der Waals surface area contributed by atoms with Crippen LogP contribution in [-0.4, -0.2) is 0 Å². The molecular weight excluding hydrogens is 703 g/mol. The molecular formula is C56H37NO. The van der Waals surface area contributed by atoms with Gasteiger partial charge in [-0.05, 0) is 109 Å². The van der Waals surface area contributed by atoms with Crippen LogP contribution in [0.15, 0.2) is 229 Å². The molecule has 0 atom stereocenters. The summed E-state index contributed by atoms with van der Waals surface area (Å²) < 4.78 is 6.32. The van der Waals surface area contributed by atoms with E-state index in [9.17, 15) is 0 Å². The summed E-state index contributed by atoms with van der Waals surface area (Å²) in [5.74, 6) is 0. The molecule has 11 rings (SSSR count). The molecule has 0 aliphatic carbocycles. The van der Waals surface area contributed by atoms with Crippen LogP contribution in [0.4, 0.5) is 17.1 Å². The molecule has 0 radical (unpaired) electrons. The Bertz CT molecular complexity index is 3260. The SMILES string of the molecule is c1ccc(-c2ccc(-c3cc(N(c4ccc5ccc6cc7oc8ccccc8c7cc6c5c4)c4ccccc4-c4ccccc4)ccc3-c3ccccc3)cc2)cc1. The van der Waals surface area contributed by atoms with Gasteiger partial charge >= 0.3 is 0 Å². The number of anilines is 3. The van der Waals surface area contributed by atoms with Gasteiger partial charge < -0.3 is 9.32 Å². The van der Waals surface area contributed by atoms with E-state index in [1.165, 1.54) is 49.5 Å². The second-order valence-electron chi connectivity index (χ2n) is 14.9. The lowest BCUT2D eigenvalue weighted by Gasteiger charge is -2.29. The van der Waals surface area contributed by atoms with E-state index >= 15 is 0 Å². The lowest BCUT2D eigenvalue weighted by Crippen LogP contribution is -2.11. The summed E-state index contributed by atoms with van der Waals surface area (Å²) in [6.45, 7) is 0. The van der Waals surface area contributed by atoms with Gasteiger partial charge in [0, 0.05) is 27.7 Å². The van der Waals surface area contributed by atoms with Gasteiger partial charge in [0.2, 0.25) is 0 Å². The summed E-state index contributed by atoms with van der Waals surface area (Å²) in [5.41, 5.74) is 14.5. The zero-order chi connectivity index (χ0) is 38.4. The number of rotatable bonds is 7. The van der Waals surface area contributed by atoms with Crippen molar-refractivity contribution in [3.63, 3.8) is 0 Å². The van der Waals surface area contributed by atoms with Crippen molar-refractivity contribution in [3.8, 4) is 44.5 Å². The minimum Gasteiger partial charge on any atom is -0.456 e. The molecule has 0 N–H and O–H groups in total. The first kappa shape index (κ1) is 33.6. The second kappa shape index (κ2) is 14.1. The molecule has 0 bridgehead atoms. The lowest BCUT2D eigenvalue weighted by molar-refractivity contribution is 0.669. The topological polar surface area (TPSA) is 16.4 Å². The Morgan fingerprint density at radius 1 is 0.276 bits per heavy atom. The standard InChI is InChI=1S/C56H37NO/c1-4-14-38(15-5-1)39-24-26-42(27-25-39)50-35-46(32-33-47(50)40-16-6-2-7-17-40)57(54-22-12-10-20-48(54)41-18-8-3-9-19-41)45-31-30-43-28-29-44-34-56-53(37-52(44)51(43)36-45)49-21-11-13-23-55(49)58-56/h1-37H. The largest absolute Gasteiger partial charge is 0.456 e. The van der Waals surface area contributed by atoms with Crippen LogP contribution in [0.5, 0.6) is 0 Å². The number of nitrogens with zero attached hydrogens (tertiary/aromatic N) is 1. The van der Waals surface area contributed by atoms with Crippen LogP contribution in [0.2, 0.25) is 0 Å². The lowest BCUT2D eigenvalue weighted by atomic mass is 9.92. The number of hydrogen-bond acceptors (Lipinski definition) is 2. The van der Waals surface area contributed by atoms with Crippen molar-refractivity contribution >= 4 is 60.5 Å². The fourth-order valence-corrected chi connectivity index (χ4v) is 8.61. The Balaban J connectivity index is 1.15. The highest BCUT2D eigenvalue weighted by atomic mass is 16.3. The minimum absolute atomic E-state index is 0.908. The van der Waals surface area contributed by atoms with Gasteiger partial charge in [-0.1, -0.05) is 176 Å². The first-order valence-electron chi connectivity index (χ1n) is 19.8. The molecule has 1 aromatic heterocycles. The van der Waals surface area contributed by atoms with Gasteiger partial charge in [0.15, 0.2) is 0 Å². The molecule has 2 nitrogen and oxygen atoms in total. The van der Waals surface area contributed by atoms with Crippen molar-refractivity contribution in [1.82, 2.24) is 0 Å². The van der Waals surface area contributed by atoms with Crippen molar-refractivity contribution < 1.29 is 4.42 Å². The summed E-state index contributed by atoms with van der Waals surface area (Å²) >= 11 is 0. The van der Waals surface area contributed by atoms with Gasteiger partial charge in [0.05, 0.1) is 5.69 Å². The van der Waals surface area contributed by atoms with Crippen LogP contribution in [-0.2, 0) is 0 Å². The second-order valence-corrected chi connectivity index (χ2v) is 14.9. The number of fused-ring (bicyclic) bond motifs is 6. The average Bonchev–Trinajstić information content (AvgIpc) is 3.67. The average molecular weight is 740 g/mol. The molecule has 1 heterocycles. The Hall–Kier alpha value is -7.68. The molecule has 0 saturated carbocycles. The monoisotopic (exact) mass is 739 g/mol. The summed E-state index contributed by atoms with van der Waals surface area (Å²) in [4.78, 5) is 2.43. The van der Waals surface area contributed by atoms with Crippen LogP contribution in [0, 0.1) is 0 Å². The van der Waals surface area contributed by atoms with Crippen molar-refractivity contribution in [1.29, 1.82) is 0 Å². The van der Waals surface area contributed by atoms with E-state index in [-0.39, 0.29) is 0 Å². The van der Waals surface area contributed by atoms with Gasteiger partial charge in [0.1, 0.15) is 11.2 Å². The predicted octanol–water partition coefficient (Wildman–Crippen LogP) is 16.0. The third kappa shape index (κ3) is 5.91. The predicted molar refractivity (Wildman–Crippen MR) is 245 cm³/mol. The molecule has 0 spiro atoms. The van der Waals surface area contributed by atoms with Gasteiger partial charge in [0.25, 0.3) is 0 Å². The smallest absolute Gasteiger partial charge is 0.136 e. The third-order valence-corrected chi connectivity index (χ3v) is 11.5. The molecule has 0 fully saturated rings. The number of benzene rings is 10. The van der Waals surface area contributed by atoms with Crippen LogP contribution < -0.4 is 4.90 Å². The summed E-state index contributed by atoms with van der Waals surface area (Å²) in [7, 11) is 0. The van der Waals surface area contributed by atoms with Crippen molar-refractivity contribution in [2.45, 2.75) is 0 Å². The quantitative estimate of drug-likeness (QED) is 0.151. The zero-order valence-electron chi connectivity index (χ0n) is 31.7. The number of hydrogen-bond donors (Lipinski definition) is 0. The van der Waals surface area contributed by atoms with Gasteiger partial charge in [-0.3, -0.25) is 0 Å². The molecule has 0 aliphatic heterocycles. The Kier molecular flexibility index (Phi) is 8.19. The van der Waals surface area contributed by atoms with E-state index in [4.69, 9.17) is 4.42 Å². The van der Waals surface area contributed by atoms with E-state index in [0.717, 1.165) is 55.5 Å². The third-order valence-electron chi connectivity index (χ3n) is 11.5. The first-order valence-corrected chi connectivity index (χ1v) is 19.8. The maximum atomic E-state index is 6.32. The fourth-order valence-electron chi connectivity index (χ4n) is 8.61. The molecule has 0 saturated heterocycles. The highest BCUT2D eigenvalue weighted by molar-refractivity contribution is 6.17. The minimum atomic E-state index is 0.908. The summed E-state index contributed by atoms with van der Waals surface area (Å²) in [6.07, 6.45) is 0. The van der Waals surface area contributed by atoms with Crippen molar-refractivity contribution in [3.05, 3.63) is 224 Å². The molecule has 0 aliphatic rings. The Morgan fingerprint density at radius 3 is 1.59 bits per heavy atom. The van der Waals surface area contributed by atoms with Crippen LogP contribution in [0.3, 0.4) is 0 Å². The maximum Gasteiger partial charge on any atom is 0.136 e. The van der Waals surface area contributed by atoms with Gasteiger partial charge in [-0.2, -0.15) is 0 Å². The normalized spacial score (nSPS) is 11.4.